The van der Waals surface area contributed by atoms with Crippen molar-refractivity contribution < 1.29 is 17.9 Å². The van der Waals surface area contributed by atoms with E-state index < -0.39 is 21.4 Å². The SMILES string of the molecule is COc1ccccc1-c1ccc(NC(=O)N[C@@]2(C)CCS(=O)(=O)C2)cc1. The quantitative estimate of drug-likeness (QED) is 0.861. The summed E-state index contributed by atoms with van der Waals surface area (Å²) in [5.74, 6) is 0.860. The summed E-state index contributed by atoms with van der Waals surface area (Å²) < 4.78 is 28.6. The lowest BCUT2D eigenvalue weighted by atomic mass is 10.0. The number of carbonyl (C=O) groups is 1. The van der Waals surface area contributed by atoms with Crippen molar-refractivity contribution in [3.05, 3.63) is 48.5 Å². The van der Waals surface area contributed by atoms with E-state index in [1.54, 1.807) is 26.2 Å². The maximum atomic E-state index is 12.2. The lowest BCUT2D eigenvalue weighted by molar-refractivity contribution is 0.242. The van der Waals surface area contributed by atoms with Crippen LogP contribution in [-0.2, 0) is 9.84 Å². The molecule has 0 unspecified atom stereocenters. The van der Waals surface area contributed by atoms with Crippen LogP contribution in [0.2, 0.25) is 0 Å². The molecule has 2 aromatic carbocycles. The minimum atomic E-state index is -3.07. The number of ether oxygens (including phenoxy) is 1. The fraction of sp³-hybridized carbons (Fsp3) is 0.316. The Labute approximate surface area is 153 Å². The number of sulfone groups is 1. The molecule has 2 amide bonds. The van der Waals surface area contributed by atoms with Gasteiger partial charge in [0.1, 0.15) is 5.75 Å². The molecule has 1 saturated heterocycles. The molecule has 2 N–H and O–H groups in total. The molecule has 0 aromatic heterocycles. The number of benzene rings is 2. The molecule has 1 atom stereocenters. The number of hydrogen-bond acceptors (Lipinski definition) is 4. The smallest absolute Gasteiger partial charge is 0.319 e. The van der Waals surface area contributed by atoms with E-state index in [0.717, 1.165) is 16.9 Å². The lowest BCUT2D eigenvalue weighted by Crippen LogP contribution is -2.48. The highest BCUT2D eigenvalue weighted by atomic mass is 32.2. The molecular weight excluding hydrogens is 352 g/mol. The molecule has 3 rings (SSSR count). The molecule has 1 aliphatic rings. The molecule has 7 heteroatoms. The first-order valence-corrected chi connectivity index (χ1v) is 10.2. The number of urea groups is 1. The Bertz CT molecular complexity index is 909. The van der Waals surface area contributed by atoms with Gasteiger partial charge in [-0.1, -0.05) is 30.3 Å². The molecule has 0 saturated carbocycles. The first-order chi connectivity index (χ1) is 12.3. The zero-order chi connectivity index (χ0) is 18.8. The summed E-state index contributed by atoms with van der Waals surface area (Å²) in [7, 11) is -1.44. The number of nitrogens with one attached hydrogen (secondary N) is 2. The van der Waals surface area contributed by atoms with Crippen LogP contribution in [0.4, 0.5) is 10.5 Å². The summed E-state index contributed by atoms with van der Waals surface area (Å²) in [6.07, 6.45) is 0.426. The van der Waals surface area contributed by atoms with E-state index in [4.69, 9.17) is 4.74 Å². The topological polar surface area (TPSA) is 84.5 Å². The molecule has 1 fully saturated rings. The van der Waals surface area contributed by atoms with Crippen LogP contribution in [0.15, 0.2) is 48.5 Å². The van der Waals surface area contributed by atoms with E-state index in [1.165, 1.54) is 0 Å². The summed E-state index contributed by atoms with van der Waals surface area (Å²) in [5.41, 5.74) is 1.85. The Hall–Kier alpha value is -2.54. The third kappa shape index (κ3) is 4.16. The van der Waals surface area contributed by atoms with Crippen molar-refractivity contribution in [1.29, 1.82) is 0 Å². The van der Waals surface area contributed by atoms with Crippen molar-refractivity contribution in [1.82, 2.24) is 5.32 Å². The lowest BCUT2D eigenvalue weighted by Gasteiger charge is -2.24. The highest BCUT2D eigenvalue weighted by Gasteiger charge is 2.39. The van der Waals surface area contributed by atoms with Gasteiger partial charge >= 0.3 is 6.03 Å². The minimum Gasteiger partial charge on any atom is -0.496 e. The van der Waals surface area contributed by atoms with E-state index in [-0.39, 0.29) is 11.5 Å². The van der Waals surface area contributed by atoms with E-state index in [1.807, 2.05) is 36.4 Å². The molecule has 26 heavy (non-hydrogen) atoms. The third-order valence-corrected chi connectivity index (χ3v) is 6.38. The van der Waals surface area contributed by atoms with E-state index >= 15 is 0 Å². The van der Waals surface area contributed by atoms with Crippen LogP contribution in [0.3, 0.4) is 0 Å². The number of anilines is 1. The molecule has 138 valence electrons. The van der Waals surface area contributed by atoms with Gasteiger partial charge in [0.2, 0.25) is 0 Å². The Morgan fingerprint density at radius 3 is 2.42 bits per heavy atom. The van der Waals surface area contributed by atoms with Crippen LogP contribution >= 0.6 is 0 Å². The van der Waals surface area contributed by atoms with Gasteiger partial charge in [-0.05, 0) is 37.1 Å². The molecule has 1 aliphatic heterocycles. The van der Waals surface area contributed by atoms with Crippen LogP contribution in [0.25, 0.3) is 11.1 Å². The standard InChI is InChI=1S/C19H22N2O4S/c1-19(11-12-26(23,24)13-19)21-18(22)20-15-9-7-14(8-10-15)16-5-3-4-6-17(16)25-2/h3-10H,11-13H2,1-2H3,(H2,20,21,22)/t19-/m0/s1. The van der Waals surface area contributed by atoms with Crippen molar-refractivity contribution in [2.75, 3.05) is 23.9 Å². The molecule has 0 radical (unpaired) electrons. The van der Waals surface area contributed by atoms with E-state index in [0.29, 0.717) is 12.1 Å². The van der Waals surface area contributed by atoms with E-state index in [2.05, 4.69) is 10.6 Å². The maximum Gasteiger partial charge on any atom is 0.319 e. The van der Waals surface area contributed by atoms with Crippen molar-refractivity contribution in [2.24, 2.45) is 0 Å². The van der Waals surface area contributed by atoms with Crippen LogP contribution < -0.4 is 15.4 Å². The molecule has 1 heterocycles. The van der Waals surface area contributed by atoms with Crippen LogP contribution in [0.5, 0.6) is 5.75 Å². The minimum absolute atomic E-state index is 0.0276. The second-order valence-electron chi connectivity index (χ2n) is 6.76. The molecule has 0 aliphatic carbocycles. The first-order valence-electron chi connectivity index (χ1n) is 8.33. The van der Waals surface area contributed by atoms with Gasteiger partial charge in [-0.25, -0.2) is 13.2 Å². The van der Waals surface area contributed by atoms with Gasteiger partial charge in [0.15, 0.2) is 9.84 Å². The summed E-state index contributed by atoms with van der Waals surface area (Å²) >= 11 is 0. The zero-order valence-corrected chi connectivity index (χ0v) is 15.6. The largest absolute Gasteiger partial charge is 0.496 e. The molecule has 0 spiro atoms. The second-order valence-corrected chi connectivity index (χ2v) is 8.94. The Morgan fingerprint density at radius 1 is 1.12 bits per heavy atom. The predicted octanol–water partition coefficient (Wildman–Crippen LogP) is 3.06. The maximum absolute atomic E-state index is 12.2. The average molecular weight is 374 g/mol. The van der Waals surface area contributed by atoms with Crippen LogP contribution in [0.1, 0.15) is 13.3 Å². The van der Waals surface area contributed by atoms with Gasteiger partial charge in [0.25, 0.3) is 0 Å². The third-order valence-electron chi connectivity index (χ3n) is 4.48. The first kappa shape index (κ1) is 18.3. The van der Waals surface area contributed by atoms with Crippen LogP contribution in [0, 0.1) is 0 Å². The van der Waals surface area contributed by atoms with Gasteiger partial charge in [0.05, 0.1) is 24.2 Å². The van der Waals surface area contributed by atoms with Crippen molar-refractivity contribution in [3.8, 4) is 16.9 Å². The van der Waals surface area contributed by atoms with Gasteiger partial charge in [-0.15, -0.1) is 0 Å². The van der Waals surface area contributed by atoms with Crippen molar-refractivity contribution >= 4 is 21.6 Å². The number of hydrogen-bond donors (Lipinski definition) is 2. The number of rotatable bonds is 4. The molecule has 2 aromatic rings. The highest BCUT2D eigenvalue weighted by Crippen LogP contribution is 2.30. The highest BCUT2D eigenvalue weighted by molar-refractivity contribution is 7.91. The normalized spacial score (nSPS) is 21.2. The molecule has 0 bridgehead atoms. The predicted molar refractivity (Wildman–Crippen MR) is 102 cm³/mol. The second kappa shape index (κ2) is 6.99. The summed E-state index contributed by atoms with van der Waals surface area (Å²) in [6, 6.07) is 14.7. The zero-order valence-electron chi connectivity index (χ0n) is 14.8. The number of methoxy groups -OCH3 is 1. The Balaban J connectivity index is 1.67. The fourth-order valence-electron chi connectivity index (χ4n) is 3.16. The number of para-hydroxylation sites is 1. The average Bonchev–Trinajstić information content (AvgIpc) is 2.88. The summed E-state index contributed by atoms with van der Waals surface area (Å²) in [6.45, 7) is 1.75. The molecular formula is C19H22N2O4S. The number of amides is 2. The van der Waals surface area contributed by atoms with Gasteiger partial charge in [0, 0.05) is 11.3 Å². The monoisotopic (exact) mass is 374 g/mol. The Morgan fingerprint density at radius 2 is 1.81 bits per heavy atom. The van der Waals surface area contributed by atoms with Crippen molar-refractivity contribution in [3.63, 3.8) is 0 Å². The summed E-state index contributed by atoms with van der Waals surface area (Å²) in [4.78, 5) is 12.2. The van der Waals surface area contributed by atoms with E-state index in [9.17, 15) is 13.2 Å². The van der Waals surface area contributed by atoms with Gasteiger partial charge in [-0.2, -0.15) is 0 Å². The summed E-state index contributed by atoms with van der Waals surface area (Å²) in [5, 5.41) is 5.53. The van der Waals surface area contributed by atoms with Gasteiger partial charge < -0.3 is 15.4 Å². The number of carbonyl (C=O) groups excluding carboxylic acids is 1. The fourth-order valence-corrected chi connectivity index (χ4v) is 5.25. The Kier molecular flexibility index (Phi) is 4.91. The van der Waals surface area contributed by atoms with Crippen molar-refractivity contribution in [2.45, 2.75) is 18.9 Å². The van der Waals surface area contributed by atoms with Crippen LogP contribution in [-0.4, -0.2) is 38.6 Å². The molecule has 6 nitrogen and oxygen atoms in total. The van der Waals surface area contributed by atoms with Gasteiger partial charge in [-0.3, -0.25) is 0 Å².